The van der Waals surface area contributed by atoms with E-state index >= 15 is 0 Å². The van der Waals surface area contributed by atoms with Gasteiger partial charge in [-0.1, -0.05) is 98.8 Å². The summed E-state index contributed by atoms with van der Waals surface area (Å²) in [5.74, 6) is 3.66. The fourth-order valence-electron chi connectivity index (χ4n) is 6.26. The number of phenolic OH excluding ortho intramolecular Hbond substituents is 1. The molecule has 4 aromatic carbocycles. The van der Waals surface area contributed by atoms with Crippen molar-refractivity contribution in [1.29, 1.82) is 0 Å². The molecule has 0 aliphatic rings. The molecule has 0 aliphatic carbocycles. The maximum Gasteiger partial charge on any atom is 0.161 e. The Morgan fingerprint density at radius 2 is 0.551 bits per heavy atom. The SMILES string of the molecule is CCCCCOc1cc2c(cc1O)c1cc(OCCCCC)c(OCCCCC)cc1c1cc(OCCCCC)c(OCCCCC)cc21. The number of hydrogen-bond donors (Lipinski definition) is 1. The second-order valence-electron chi connectivity index (χ2n) is 13.3. The molecule has 270 valence electrons. The van der Waals surface area contributed by atoms with Gasteiger partial charge in [0.05, 0.1) is 33.0 Å². The van der Waals surface area contributed by atoms with Crippen LogP contribution in [0.5, 0.6) is 34.5 Å². The largest absolute Gasteiger partial charge is 0.504 e. The maximum absolute atomic E-state index is 11.3. The molecule has 0 saturated heterocycles. The van der Waals surface area contributed by atoms with Crippen molar-refractivity contribution in [1.82, 2.24) is 0 Å². The molecule has 4 rings (SSSR count). The number of ether oxygens (including phenoxy) is 5. The molecule has 6 nitrogen and oxygen atoms in total. The van der Waals surface area contributed by atoms with Crippen LogP contribution in [0.2, 0.25) is 0 Å². The number of hydrogen-bond acceptors (Lipinski definition) is 6. The van der Waals surface area contributed by atoms with Gasteiger partial charge in [-0.05, 0) is 101 Å². The molecule has 0 amide bonds. The smallest absolute Gasteiger partial charge is 0.161 e. The summed E-state index contributed by atoms with van der Waals surface area (Å²) in [5.41, 5.74) is 0. The van der Waals surface area contributed by atoms with E-state index in [9.17, 15) is 5.11 Å². The van der Waals surface area contributed by atoms with Crippen LogP contribution in [0.25, 0.3) is 32.3 Å². The first-order valence-electron chi connectivity index (χ1n) is 19.4. The molecule has 0 aliphatic heterocycles. The third kappa shape index (κ3) is 10.7. The molecule has 1 N–H and O–H groups in total. The lowest BCUT2D eigenvalue weighted by Crippen LogP contribution is -2.04. The molecule has 6 heteroatoms. The fraction of sp³-hybridized carbons (Fsp3) is 0.581. The number of rotatable bonds is 25. The van der Waals surface area contributed by atoms with Crippen LogP contribution in [0.15, 0.2) is 36.4 Å². The average molecular weight is 675 g/mol. The summed E-state index contributed by atoms with van der Waals surface area (Å²) in [5, 5.41) is 17.3. The topological polar surface area (TPSA) is 66.4 Å². The van der Waals surface area contributed by atoms with E-state index < -0.39 is 0 Å². The molecule has 0 bridgehead atoms. The number of unbranched alkanes of at least 4 members (excludes halogenated alkanes) is 10. The minimum Gasteiger partial charge on any atom is -0.504 e. The highest BCUT2D eigenvalue weighted by Crippen LogP contribution is 2.47. The lowest BCUT2D eigenvalue weighted by molar-refractivity contribution is 0.260. The first-order valence-corrected chi connectivity index (χ1v) is 19.4. The molecule has 0 aromatic heterocycles. The highest BCUT2D eigenvalue weighted by molar-refractivity contribution is 6.26. The van der Waals surface area contributed by atoms with Crippen LogP contribution in [-0.4, -0.2) is 38.1 Å². The van der Waals surface area contributed by atoms with Gasteiger partial charge in [-0.25, -0.2) is 0 Å². The van der Waals surface area contributed by atoms with Crippen LogP contribution in [0.4, 0.5) is 0 Å². The van der Waals surface area contributed by atoms with E-state index in [2.05, 4.69) is 58.9 Å². The Morgan fingerprint density at radius 3 is 0.816 bits per heavy atom. The van der Waals surface area contributed by atoms with Crippen LogP contribution in [-0.2, 0) is 0 Å². The van der Waals surface area contributed by atoms with Gasteiger partial charge in [0.2, 0.25) is 0 Å². The summed E-state index contributed by atoms with van der Waals surface area (Å²) < 4.78 is 31.9. The van der Waals surface area contributed by atoms with Crippen molar-refractivity contribution in [2.24, 2.45) is 0 Å². The van der Waals surface area contributed by atoms with Crippen molar-refractivity contribution in [3.05, 3.63) is 36.4 Å². The Labute approximate surface area is 295 Å². The van der Waals surface area contributed by atoms with Crippen molar-refractivity contribution in [2.75, 3.05) is 33.0 Å². The van der Waals surface area contributed by atoms with Crippen LogP contribution < -0.4 is 23.7 Å². The Morgan fingerprint density at radius 1 is 0.327 bits per heavy atom. The van der Waals surface area contributed by atoms with E-state index in [4.69, 9.17) is 23.7 Å². The van der Waals surface area contributed by atoms with E-state index in [0.29, 0.717) is 38.8 Å². The highest BCUT2D eigenvalue weighted by Gasteiger charge is 2.20. The quantitative estimate of drug-likeness (QED) is 0.0557. The number of fused-ring (bicyclic) bond motifs is 6. The van der Waals surface area contributed by atoms with Gasteiger partial charge in [-0.3, -0.25) is 0 Å². The van der Waals surface area contributed by atoms with E-state index in [1.165, 1.54) is 0 Å². The van der Waals surface area contributed by atoms with E-state index in [0.717, 1.165) is 152 Å². The van der Waals surface area contributed by atoms with Crippen LogP contribution in [0.3, 0.4) is 0 Å². The standard InChI is InChI=1S/C43H62O6/c1-6-11-16-21-45-39-27-33-32(26-38(39)44)34-28-40(46-22-17-12-7-2)42(48-24-19-14-9-4)30-36(34)37-31-43(49-25-20-15-10-5)41(29-35(33)37)47-23-18-13-8-3/h26-31,44H,6-25H2,1-5H3. The van der Waals surface area contributed by atoms with E-state index in [1.54, 1.807) is 0 Å². The number of benzene rings is 4. The van der Waals surface area contributed by atoms with Crippen molar-refractivity contribution < 1.29 is 28.8 Å². The molecule has 0 radical (unpaired) electrons. The van der Waals surface area contributed by atoms with E-state index in [1.807, 2.05) is 12.1 Å². The summed E-state index contributed by atoms with van der Waals surface area (Å²) in [4.78, 5) is 0. The van der Waals surface area contributed by atoms with Crippen LogP contribution in [0.1, 0.15) is 131 Å². The van der Waals surface area contributed by atoms with Gasteiger partial charge in [-0.2, -0.15) is 0 Å². The fourth-order valence-corrected chi connectivity index (χ4v) is 6.26. The molecular weight excluding hydrogens is 612 g/mol. The van der Waals surface area contributed by atoms with Gasteiger partial charge in [0, 0.05) is 0 Å². The third-order valence-electron chi connectivity index (χ3n) is 9.16. The minimum atomic E-state index is 0.141. The molecule has 0 unspecified atom stereocenters. The van der Waals surface area contributed by atoms with Gasteiger partial charge < -0.3 is 28.8 Å². The average Bonchev–Trinajstić information content (AvgIpc) is 3.11. The van der Waals surface area contributed by atoms with Crippen molar-refractivity contribution in [3.8, 4) is 34.5 Å². The summed E-state index contributed by atoms with van der Waals surface area (Å²) in [6.45, 7) is 14.1. The summed E-state index contributed by atoms with van der Waals surface area (Å²) in [6.07, 6.45) is 16.1. The van der Waals surface area contributed by atoms with Crippen molar-refractivity contribution in [3.63, 3.8) is 0 Å². The third-order valence-corrected chi connectivity index (χ3v) is 9.16. The molecule has 49 heavy (non-hydrogen) atoms. The number of aromatic hydroxyl groups is 1. The first-order chi connectivity index (χ1) is 24.1. The molecule has 4 aromatic rings. The monoisotopic (exact) mass is 674 g/mol. The molecule has 0 saturated carbocycles. The van der Waals surface area contributed by atoms with Gasteiger partial charge >= 0.3 is 0 Å². The van der Waals surface area contributed by atoms with Crippen molar-refractivity contribution in [2.45, 2.75) is 131 Å². The second-order valence-corrected chi connectivity index (χ2v) is 13.3. The van der Waals surface area contributed by atoms with E-state index in [-0.39, 0.29) is 5.75 Å². The highest BCUT2D eigenvalue weighted by atomic mass is 16.5. The zero-order chi connectivity index (χ0) is 34.8. The summed E-state index contributed by atoms with van der Waals surface area (Å²) >= 11 is 0. The summed E-state index contributed by atoms with van der Waals surface area (Å²) in [6, 6.07) is 12.4. The van der Waals surface area contributed by atoms with Gasteiger partial charge in [0.15, 0.2) is 34.5 Å². The minimum absolute atomic E-state index is 0.141. The van der Waals surface area contributed by atoms with Crippen LogP contribution in [0, 0.1) is 0 Å². The Balaban J connectivity index is 1.95. The van der Waals surface area contributed by atoms with Crippen molar-refractivity contribution >= 4 is 32.3 Å². The predicted molar refractivity (Wildman–Crippen MR) is 206 cm³/mol. The second kappa shape index (κ2) is 20.9. The molecule has 0 fully saturated rings. The normalized spacial score (nSPS) is 11.4. The maximum atomic E-state index is 11.3. The van der Waals surface area contributed by atoms with Gasteiger partial charge in [0.25, 0.3) is 0 Å². The van der Waals surface area contributed by atoms with Gasteiger partial charge in [0.1, 0.15) is 0 Å². The molecular formula is C43H62O6. The Bertz CT molecular complexity index is 1530. The Hall–Kier alpha value is -3.54. The molecule has 0 spiro atoms. The lowest BCUT2D eigenvalue weighted by Gasteiger charge is -2.20. The summed E-state index contributed by atoms with van der Waals surface area (Å²) in [7, 11) is 0. The van der Waals surface area contributed by atoms with Gasteiger partial charge in [-0.15, -0.1) is 0 Å². The molecule has 0 atom stereocenters. The van der Waals surface area contributed by atoms with Crippen LogP contribution >= 0.6 is 0 Å². The first kappa shape index (κ1) is 38.3. The number of phenols is 1. The molecule has 0 heterocycles. The lowest BCUT2D eigenvalue weighted by atomic mass is 9.93. The predicted octanol–water partition coefficient (Wildman–Crippen LogP) is 12.7. The Kier molecular flexibility index (Phi) is 16.3. The zero-order valence-electron chi connectivity index (χ0n) is 31.1. The zero-order valence-corrected chi connectivity index (χ0v) is 31.1.